The minimum atomic E-state index is -0.168. The lowest BCUT2D eigenvalue weighted by molar-refractivity contribution is -0.136. The van der Waals surface area contributed by atoms with Crippen LogP contribution in [0, 0.1) is 11.3 Å². The van der Waals surface area contributed by atoms with Gasteiger partial charge < -0.3 is 9.80 Å². The van der Waals surface area contributed by atoms with E-state index in [1.54, 1.807) is 22.0 Å². The van der Waals surface area contributed by atoms with Crippen LogP contribution in [-0.2, 0) is 9.59 Å². The van der Waals surface area contributed by atoms with Crippen LogP contribution in [-0.4, -0.2) is 47.8 Å². The largest absolute Gasteiger partial charge is 0.338 e. The Kier molecular flexibility index (Phi) is 5.73. The Labute approximate surface area is 137 Å². The predicted octanol–water partition coefficient (Wildman–Crippen LogP) is 2.05. The zero-order chi connectivity index (χ0) is 15.9. The molecule has 0 N–H and O–H groups in total. The Hall–Kier alpha value is -2.13. The maximum Gasteiger partial charge on any atom is 0.246 e. The van der Waals surface area contributed by atoms with E-state index < -0.39 is 0 Å². The van der Waals surface area contributed by atoms with Gasteiger partial charge in [-0.1, -0.05) is 34.1 Å². The van der Waals surface area contributed by atoms with Crippen LogP contribution in [0.5, 0.6) is 0 Å². The van der Waals surface area contributed by atoms with Gasteiger partial charge in [0.05, 0.1) is 6.07 Å². The molecule has 0 spiro atoms. The fourth-order valence-corrected chi connectivity index (χ4v) is 2.65. The first kappa shape index (κ1) is 16.2. The second-order valence-corrected chi connectivity index (χ2v) is 5.75. The third-order valence-corrected chi connectivity index (χ3v) is 4.21. The number of hydrogen-bond donors (Lipinski definition) is 0. The number of amides is 2. The number of benzene rings is 1. The standard InChI is InChI=1S/C16H16BrN3O2/c17-14-4-2-1-3-13(14)5-6-15(21)19-9-11-20(12-10-19)16(22)7-8-18/h1-6H,7,9-12H2/b6-5+. The van der Waals surface area contributed by atoms with Crippen molar-refractivity contribution in [3.63, 3.8) is 0 Å². The van der Waals surface area contributed by atoms with E-state index in [0.717, 1.165) is 10.0 Å². The first-order chi connectivity index (χ1) is 10.6. The molecule has 0 bridgehead atoms. The van der Waals surface area contributed by atoms with Crippen LogP contribution in [0.25, 0.3) is 6.08 Å². The van der Waals surface area contributed by atoms with Gasteiger partial charge in [-0.3, -0.25) is 9.59 Å². The van der Waals surface area contributed by atoms with Gasteiger partial charge in [0.25, 0.3) is 0 Å². The van der Waals surface area contributed by atoms with Crippen LogP contribution in [0.15, 0.2) is 34.8 Å². The zero-order valence-corrected chi connectivity index (χ0v) is 13.6. The van der Waals surface area contributed by atoms with Crippen molar-refractivity contribution >= 4 is 33.8 Å². The smallest absolute Gasteiger partial charge is 0.246 e. The summed E-state index contributed by atoms with van der Waals surface area (Å²) in [6, 6.07) is 9.53. The summed E-state index contributed by atoms with van der Waals surface area (Å²) in [4.78, 5) is 27.1. The van der Waals surface area contributed by atoms with Crippen molar-refractivity contribution in [2.45, 2.75) is 6.42 Å². The van der Waals surface area contributed by atoms with E-state index in [-0.39, 0.29) is 18.2 Å². The Morgan fingerprint density at radius 3 is 2.45 bits per heavy atom. The SMILES string of the molecule is N#CCC(=O)N1CCN(C(=O)/C=C/c2ccccc2Br)CC1. The molecule has 0 atom stereocenters. The van der Waals surface area contributed by atoms with Crippen LogP contribution in [0.1, 0.15) is 12.0 Å². The number of nitrogens with zero attached hydrogens (tertiary/aromatic N) is 3. The van der Waals surface area contributed by atoms with E-state index in [0.29, 0.717) is 26.2 Å². The normalized spacial score (nSPS) is 14.9. The van der Waals surface area contributed by atoms with Crippen LogP contribution >= 0.6 is 15.9 Å². The summed E-state index contributed by atoms with van der Waals surface area (Å²) in [7, 11) is 0. The van der Waals surface area contributed by atoms with Gasteiger partial charge in [0.15, 0.2) is 0 Å². The van der Waals surface area contributed by atoms with Gasteiger partial charge in [0.2, 0.25) is 11.8 Å². The highest BCUT2D eigenvalue weighted by Crippen LogP contribution is 2.17. The minimum Gasteiger partial charge on any atom is -0.338 e. The van der Waals surface area contributed by atoms with Gasteiger partial charge in [0, 0.05) is 36.7 Å². The zero-order valence-electron chi connectivity index (χ0n) is 12.0. The van der Waals surface area contributed by atoms with E-state index >= 15 is 0 Å². The molecule has 2 amide bonds. The number of piperazine rings is 1. The molecule has 6 heteroatoms. The minimum absolute atomic E-state index is 0.0665. The molecular weight excluding hydrogens is 346 g/mol. The Morgan fingerprint density at radius 2 is 1.82 bits per heavy atom. The van der Waals surface area contributed by atoms with Crippen molar-refractivity contribution in [1.29, 1.82) is 5.26 Å². The van der Waals surface area contributed by atoms with Crippen molar-refractivity contribution in [3.8, 4) is 6.07 Å². The summed E-state index contributed by atoms with van der Waals surface area (Å²) < 4.78 is 0.936. The summed E-state index contributed by atoms with van der Waals surface area (Å²) in [5.41, 5.74) is 0.943. The molecule has 1 aliphatic rings. The number of carbonyl (C=O) groups excluding carboxylic acids is 2. The molecule has 22 heavy (non-hydrogen) atoms. The van der Waals surface area contributed by atoms with Crippen molar-refractivity contribution in [1.82, 2.24) is 9.80 Å². The molecule has 1 aromatic carbocycles. The molecular formula is C16H16BrN3O2. The highest BCUT2D eigenvalue weighted by molar-refractivity contribution is 9.10. The fourth-order valence-electron chi connectivity index (χ4n) is 2.23. The topological polar surface area (TPSA) is 64.4 Å². The molecule has 0 aliphatic carbocycles. The summed E-state index contributed by atoms with van der Waals surface area (Å²) in [6.07, 6.45) is 3.22. The quantitative estimate of drug-likeness (QED) is 0.773. The average molecular weight is 362 g/mol. The highest BCUT2D eigenvalue weighted by Gasteiger charge is 2.22. The number of nitriles is 1. The van der Waals surface area contributed by atoms with E-state index in [1.165, 1.54) is 0 Å². The highest BCUT2D eigenvalue weighted by atomic mass is 79.9. The van der Waals surface area contributed by atoms with Crippen LogP contribution in [0.4, 0.5) is 0 Å². The average Bonchev–Trinajstić information content (AvgIpc) is 2.54. The summed E-state index contributed by atoms with van der Waals surface area (Å²) >= 11 is 3.43. The molecule has 1 heterocycles. The number of halogens is 1. The van der Waals surface area contributed by atoms with Crippen molar-refractivity contribution in [3.05, 3.63) is 40.4 Å². The van der Waals surface area contributed by atoms with Gasteiger partial charge in [-0.15, -0.1) is 0 Å². The first-order valence-electron chi connectivity index (χ1n) is 6.98. The maximum atomic E-state index is 12.2. The lowest BCUT2D eigenvalue weighted by Crippen LogP contribution is -2.50. The Balaban J connectivity index is 1.89. The second-order valence-electron chi connectivity index (χ2n) is 4.90. The van der Waals surface area contributed by atoms with Crippen LogP contribution in [0.2, 0.25) is 0 Å². The number of rotatable bonds is 3. The fraction of sp³-hybridized carbons (Fsp3) is 0.312. The van der Waals surface area contributed by atoms with Crippen molar-refractivity contribution in [2.75, 3.05) is 26.2 Å². The van der Waals surface area contributed by atoms with Gasteiger partial charge in [0.1, 0.15) is 6.42 Å². The van der Waals surface area contributed by atoms with Crippen molar-refractivity contribution in [2.24, 2.45) is 0 Å². The van der Waals surface area contributed by atoms with E-state index in [1.807, 2.05) is 30.3 Å². The van der Waals surface area contributed by atoms with Gasteiger partial charge >= 0.3 is 0 Å². The second kappa shape index (κ2) is 7.76. The van der Waals surface area contributed by atoms with E-state index in [9.17, 15) is 9.59 Å². The van der Waals surface area contributed by atoms with E-state index in [4.69, 9.17) is 5.26 Å². The summed E-state index contributed by atoms with van der Waals surface area (Å²) in [6.45, 7) is 1.96. The molecule has 1 saturated heterocycles. The first-order valence-corrected chi connectivity index (χ1v) is 7.77. The Bertz CT molecular complexity index is 629. The molecule has 0 saturated carbocycles. The van der Waals surface area contributed by atoms with E-state index in [2.05, 4.69) is 15.9 Å². The van der Waals surface area contributed by atoms with Gasteiger partial charge in [-0.2, -0.15) is 5.26 Å². The third kappa shape index (κ3) is 4.18. The summed E-state index contributed by atoms with van der Waals surface area (Å²) in [5.74, 6) is -0.235. The lowest BCUT2D eigenvalue weighted by atomic mass is 10.2. The molecule has 1 aromatic rings. The number of hydrogen-bond acceptors (Lipinski definition) is 3. The summed E-state index contributed by atoms with van der Waals surface area (Å²) in [5, 5.41) is 8.53. The molecule has 0 radical (unpaired) electrons. The molecule has 114 valence electrons. The molecule has 5 nitrogen and oxygen atoms in total. The molecule has 1 fully saturated rings. The maximum absolute atomic E-state index is 12.2. The molecule has 2 rings (SSSR count). The number of carbonyl (C=O) groups is 2. The Morgan fingerprint density at radius 1 is 1.18 bits per heavy atom. The van der Waals surface area contributed by atoms with Gasteiger partial charge in [-0.05, 0) is 17.7 Å². The van der Waals surface area contributed by atoms with Crippen LogP contribution in [0.3, 0.4) is 0 Å². The molecule has 0 aromatic heterocycles. The lowest BCUT2D eigenvalue weighted by Gasteiger charge is -2.33. The van der Waals surface area contributed by atoms with Crippen molar-refractivity contribution < 1.29 is 9.59 Å². The van der Waals surface area contributed by atoms with Gasteiger partial charge in [-0.25, -0.2) is 0 Å². The molecule has 0 unspecified atom stereocenters. The third-order valence-electron chi connectivity index (χ3n) is 3.49. The molecule has 1 aliphatic heterocycles. The monoisotopic (exact) mass is 361 g/mol. The predicted molar refractivity (Wildman–Crippen MR) is 86.6 cm³/mol. The van der Waals surface area contributed by atoms with Crippen LogP contribution < -0.4 is 0 Å².